The lowest BCUT2D eigenvalue weighted by Crippen LogP contribution is -2.47. The third kappa shape index (κ3) is 43.2. The van der Waals surface area contributed by atoms with Crippen LogP contribution >= 0.6 is 0 Å². The maximum Gasteiger partial charge on any atom is 0.306 e. The number of hydrogen-bond acceptors (Lipinski definition) is 10. The molecule has 0 aliphatic carbocycles. The van der Waals surface area contributed by atoms with Crippen LogP contribution in [-0.2, 0) is 42.8 Å². The first-order chi connectivity index (χ1) is 33.2. The van der Waals surface area contributed by atoms with E-state index < -0.39 is 30.6 Å². The van der Waals surface area contributed by atoms with Gasteiger partial charge in [-0.05, 0) is 136 Å². The molecule has 0 saturated carbocycles. The van der Waals surface area contributed by atoms with Crippen LogP contribution < -0.4 is 0 Å². The molecule has 0 aliphatic heterocycles. The van der Waals surface area contributed by atoms with Gasteiger partial charge < -0.3 is 38.2 Å². The Hall–Kier alpha value is -2.83. The number of hydrogen-bond donors (Lipinski definition) is 0. The van der Waals surface area contributed by atoms with Crippen LogP contribution in [0.25, 0.3) is 0 Å². The Balaban J connectivity index is 5.91. The molecule has 0 N–H and O–H groups in total. The molecule has 0 rings (SSSR count). The van der Waals surface area contributed by atoms with Gasteiger partial charge in [0.2, 0.25) is 5.91 Å². The van der Waals surface area contributed by atoms with Crippen LogP contribution in [0.4, 0.5) is 0 Å². The number of amides is 1. The Morgan fingerprint density at radius 2 is 0.809 bits per heavy atom. The van der Waals surface area contributed by atoms with Gasteiger partial charge in [-0.25, -0.2) is 0 Å². The van der Waals surface area contributed by atoms with Crippen molar-refractivity contribution in [2.24, 2.45) is 0 Å². The molecule has 1 amide bonds. The van der Waals surface area contributed by atoms with Crippen molar-refractivity contribution in [2.45, 2.75) is 233 Å². The van der Waals surface area contributed by atoms with Crippen LogP contribution in [0.15, 0.2) is 48.6 Å². The normalized spacial score (nSPS) is 12.2. The highest BCUT2D eigenvalue weighted by Crippen LogP contribution is 2.16. The van der Waals surface area contributed by atoms with E-state index in [1.54, 1.807) is 4.90 Å². The Morgan fingerprint density at radius 3 is 1.18 bits per heavy atom. The van der Waals surface area contributed by atoms with Crippen LogP contribution in [0.2, 0.25) is 0 Å². The number of carbonyl (C=O) groups is 3. The summed E-state index contributed by atoms with van der Waals surface area (Å²) in [6.07, 6.45) is 41.0. The molecule has 0 saturated heterocycles. The second-order valence-electron chi connectivity index (χ2n) is 18.2. The highest BCUT2D eigenvalue weighted by Gasteiger charge is 2.27. The zero-order chi connectivity index (χ0) is 50.0. The fourth-order valence-electron chi connectivity index (χ4n) is 7.37. The minimum Gasteiger partial charge on any atom is -0.463 e. The van der Waals surface area contributed by atoms with Crippen molar-refractivity contribution in [1.82, 2.24) is 9.80 Å². The smallest absolute Gasteiger partial charge is 0.306 e. The number of nitrogens with zero attached hydrogens (tertiary/aromatic N) is 2. The van der Waals surface area contributed by atoms with Gasteiger partial charge in [0.15, 0.2) is 12.6 Å². The minimum absolute atomic E-state index is 0.00851. The van der Waals surface area contributed by atoms with E-state index in [1.807, 2.05) is 14.1 Å². The summed E-state index contributed by atoms with van der Waals surface area (Å²) in [5.41, 5.74) is 0. The van der Waals surface area contributed by atoms with Gasteiger partial charge in [-0.2, -0.15) is 0 Å². The molecule has 0 radical (unpaired) electrons. The number of carbonyl (C=O) groups excluding carboxylic acids is 3. The predicted molar refractivity (Wildman–Crippen MR) is 282 cm³/mol. The molecule has 0 atom stereocenters. The van der Waals surface area contributed by atoms with E-state index in [2.05, 4.69) is 88.1 Å². The van der Waals surface area contributed by atoms with Crippen molar-refractivity contribution in [1.29, 1.82) is 0 Å². The second-order valence-corrected chi connectivity index (χ2v) is 18.2. The molecule has 11 nitrogen and oxygen atoms in total. The molecule has 0 heterocycles. The van der Waals surface area contributed by atoms with Crippen LogP contribution in [-0.4, -0.2) is 113 Å². The van der Waals surface area contributed by atoms with Gasteiger partial charge in [-0.3, -0.25) is 14.4 Å². The number of esters is 2. The first kappa shape index (κ1) is 65.2. The predicted octanol–water partition coefficient (Wildman–Crippen LogP) is 13.8. The summed E-state index contributed by atoms with van der Waals surface area (Å²) >= 11 is 0. The molecule has 11 heteroatoms. The maximum absolute atomic E-state index is 14.0. The SMILES string of the molecule is CC/C=C\CCCCOC(CCC(=O)OCC(COC(=O)CCC(OCCCC/C=C\CC)OCCCC/C=C\CC)N(CCCN(C)C)C(=O)CCCCCCCC)OCCCC/C=C\CC. The fourth-order valence-corrected chi connectivity index (χ4v) is 7.37. The lowest BCUT2D eigenvalue weighted by molar-refractivity contribution is -0.164. The largest absolute Gasteiger partial charge is 0.463 e. The molecular weight excluding hydrogens is 857 g/mol. The molecule has 0 bridgehead atoms. The quantitative estimate of drug-likeness (QED) is 0.0253. The van der Waals surface area contributed by atoms with Gasteiger partial charge in [-0.15, -0.1) is 0 Å². The van der Waals surface area contributed by atoms with Crippen molar-refractivity contribution in [3.8, 4) is 0 Å². The summed E-state index contributed by atoms with van der Waals surface area (Å²) in [7, 11) is 4.02. The van der Waals surface area contributed by atoms with E-state index in [0.29, 0.717) is 52.2 Å². The Morgan fingerprint density at radius 1 is 0.426 bits per heavy atom. The van der Waals surface area contributed by atoms with Crippen molar-refractivity contribution in [2.75, 3.05) is 66.8 Å². The molecule has 396 valence electrons. The fraction of sp³-hybridized carbons (Fsp3) is 0.807. The summed E-state index contributed by atoms with van der Waals surface area (Å²) < 4.78 is 36.5. The highest BCUT2D eigenvalue weighted by molar-refractivity contribution is 5.77. The van der Waals surface area contributed by atoms with Crippen molar-refractivity contribution >= 4 is 17.8 Å². The summed E-state index contributed by atoms with van der Waals surface area (Å²) in [6, 6.07) is -0.628. The number of allylic oxidation sites excluding steroid dienone is 8. The molecule has 0 unspecified atom stereocenters. The standard InChI is InChI=1S/C57H104N2O9/c1-8-13-18-23-28-33-39-53(60)59(45-38-44-58(6)7)52(50-67-54(61)40-42-56(63-46-34-29-24-19-14-9-2)64-47-35-30-25-20-15-10-3)51-68-55(62)41-43-57(65-48-36-31-26-21-16-11-4)66-49-37-32-27-22-17-12-5/h14-17,19-22,52,56-57H,8-13,18,23-51H2,1-7H3/b19-14-,20-15-,21-16-,22-17-. The van der Waals surface area contributed by atoms with Crippen molar-refractivity contribution < 1.29 is 42.8 Å². The van der Waals surface area contributed by atoms with Gasteiger partial charge >= 0.3 is 11.9 Å². The molecule has 68 heavy (non-hydrogen) atoms. The van der Waals surface area contributed by atoms with Crippen LogP contribution in [0.5, 0.6) is 0 Å². The number of unbranched alkanes of at least 4 members (excludes halogenated alkanes) is 13. The molecule has 0 aromatic carbocycles. The topological polar surface area (TPSA) is 113 Å². The van der Waals surface area contributed by atoms with E-state index in [-0.39, 0.29) is 32.0 Å². The van der Waals surface area contributed by atoms with E-state index in [4.69, 9.17) is 28.4 Å². The average Bonchev–Trinajstić information content (AvgIpc) is 3.33. The van der Waals surface area contributed by atoms with Gasteiger partial charge in [0.1, 0.15) is 13.2 Å². The van der Waals surface area contributed by atoms with Gasteiger partial charge in [0.05, 0.1) is 18.9 Å². The molecule has 0 aromatic heterocycles. The summed E-state index contributed by atoms with van der Waals surface area (Å²) in [6.45, 7) is 14.1. The Bertz CT molecular complexity index is 1150. The number of ether oxygens (including phenoxy) is 6. The lowest BCUT2D eigenvalue weighted by atomic mass is 10.1. The zero-order valence-electron chi connectivity index (χ0n) is 44.9. The average molecular weight is 961 g/mol. The highest BCUT2D eigenvalue weighted by atomic mass is 16.7. The van der Waals surface area contributed by atoms with E-state index in [1.165, 1.54) is 19.3 Å². The summed E-state index contributed by atoms with van der Waals surface area (Å²) in [4.78, 5) is 44.8. The number of rotatable bonds is 50. The van der Waals surface area contributed by atoms with Gasteiger partial charge in [0.25, 0.3) is 0 Å². The first-order valence-corrected chi connectivity index (χ1v) is 27.5. The summed E-state index contributed by atoms with van der Waals surface area (Å²) in [5, 5.41) is 0. The molecule has 0 aliphatic rings. The monoisotopic (exact) mass is 961 g/mol. The lowest BCUT2D eigenvalue weighted by Gasteiger charge is -2.32. The maximum atomic E-state index is 14.0. The Labute approximate surface area is 417 Å². The third-order valence-electron chi connectivity index (χ3n) is 11.4. The van der Waals surface area contributed by atoms with Crippen molar-refractivity contribution in [3.63, 3.8) is 0 Å². The van der Waals surface area contributed by atoms with E-state index in [9.17, 15) is 14.4 Å². The molecule has 0 aromatic rings. The van der Waals surface area contributed by atoms with E-state index in [0.717, 1.165) is 135 Å². The molecule has 0 fully saturated rings. The Kier molecular flexibility index (Phi) is 48.5. The van der Waals surface area contributed by atoms with Crippen LogP contribution in [0.1, 0.15) is 214 Å². The minimum atomic E-state index is -0.628. The third-order valence-corrected chi connectivity index (χ3v) is 11.4. The van der Waals surface area contributed by atoms with E-state index >= 15 is 0 Å². The summed E-state index contributed by atoms with van der Waals surface area (Å²) in [5.74, 6) is -0.806. The van der Waals surface area contributed by atoms with Crippen LogP contribution in [0, 0.1) is 0 Å². The van der Waals surface area contributed by atoms with Gasteiger partial charge in [-0.1, -0.05) is 115 Å². The second kappa shape index (κ2) is 50.6. The molecule has 0 spiro atoms. The molecular formula is C57H104N2O9. The first-order valence-electron chi connectivity index (χ1n) is 27.5. The zero-order valence-corrected chi connectivity index (χ0v) is 44.9. The van der Waals surface area contributed by atoms with Crippen LogP contribution in [0.3, 0.4) is 0 Å². The van der Waals surface area contributed by atoms with Gasteiger partial charge in [0, 0.05) is 52.2 Å². The van der Waals surface area contributed by atoms with Crippen molar-refractivity contribution in [3.05, 3.63) is 48.6 Å².